The van der Waals surface area contributed by atoms with E-state index < -0.39 is 0 Å². The Morgan fingerprint density at radius 3 is 3.05 bits per heavy atom. The van der Waals surface area contributed by atoms with Gasteiger partial charge in [0.1, 0.15) is 11.5 Å². The molecular weight excluding hydrogens is 254 g/mol. The fraction of sp³-hybridized carbons (Fsp3) is 0.214. The lowest BCUT2D eigenvalue weighted by Crippen LogP contribution is -2.15. The molecule has 0 radical (unpaired) electrons. The van der Waals surface area contributed by atoms with E-state index in [0.29, 0.717) is 24.5 Å². The van der Waals surface area contributed by atoms with Crippen LogP contribution in [0.15, 0.2) is 36.7 Å². The maximum atomic E-state index is 11.8. The molecule has 0 aliphatic carbocycles. The molecule has 2 heterocycles. The predicted molar refractivity (Wildman–Crippen MR) is 75.6 cm³/mol. The van der Waals surface area contributed by atoms with Crippen molar-refractivity contribution in [1.82, 2.24) is 14.8 Å². The van der Waals surface area contributed by atoms with Gasteiger partial charge in [-0.25, -0.2) is 4.98 Å². The first-order chi connectivity index (χ1) is 9.78. The van der Waals surface area contributed by atoms with E-state index in [1.54, 1.807) is 29.1 Å². The van der Waals surface area contributed by atoms with Crippen molar-refractivity contribution in [2.45, 2.75) is 13.0 Å². The summed E-state index contributed by atoms with van der Waals surface area (Å²) in [7, 11) is 0. The summed E-state index contributed by atoms with van der Waals surface area (Å²) < 4.78 is 1.70. The van der Waals surface area contributed by atoms with Gasteiger partial charge in [-0.1, -0.05) is 12.0 Å². The first-order valence-electron chi connectivity index (χ1n) is 6.21. The summed E-state index contributed by atoms with van der Waals surface area (Å²) >= 11 is 0. The van der Waals surface area contributed by atoms with Gasteiger partial charge in [-0.05, 0) is 24.1 Å². The Bertz CT molecular complexity index is 625. The average molecular weight is 269 g/mol. The van der Waals surface area contributed by atoms with Gasteiger partial charge >= 0.3 is 0 Å². The van der Waals surface area contributed by atoms with Crippen LogP contribution in [0.5, 0.6) is 0 Å². The van der Waals surface area contributed by atoms with Crippen molar-refractivity contribution >= 4 is 11.7 Å². The Hall–Kier alpha value is -2.65. The number of aromatic nitrogens is 3. The maximum Gasteiger partial charge on any atom is 0.227 e. The fourth-order valence-corrected chi connectivity index (χ4v) is 1.57. The van der Waals surface area contributed by atoms with Crippen LogP contribution in [-0.4, -0.2) is 27.2 Å². The maximum absolute atomic E-state index is 11.8. The van der Waals surface area contributed by atoms with Gasteiger partial charge in [0, 0.05) is 25.4 Å². The average Bonchev–Trinajstić information content (AvgIpc) is 2.97. The molecule has 0 aliphatic heterocycles. The third-order valence-electron chi connectivity index (χ3n) is 2.46. The van der Waals surface area contributed by atoms with E-state index in [9.17, 15) is 4.79 Å². The third-order valence-corrected chi connectivity index (χ3v) is 2.46. The Morgan fingerprint density at radius 1 is 1.40 bits per heavy atom. The molecule has 2 rings (SSSR count). The second-order valence-corrected chi connectivity index (χ2v) is 3.98. The summed E-state index contributed by atoms with van der Waals surface area (Å²) in [6.45, 7) is 0.813. The number of amides is 1. The molecule has 2 aromatic heterocycles. The van der Waals surface area contributed by atoms with Gasteiger partial charge < -0.3 is 11.1 Å². The van der Waals surface area contributed by atoms with E-state index in [0.717, 1.165) is 0 Å². The van der Waals surface area contributed by atoms with Crippen molar-refractivity contribution in [1.29, 1.82) is 0 Å². The van der Waals surface area contributed by atoms with Crippen LogP contribution in [0.25, 0.3) is 0 Å². The number of carbonyl (C=O) groups excluding carboxylic acids is 1. The lowest BCUT2D eigenvalue weighted by molar-refractivity contribution is -0.116. The Balaban J connectivity index is 1.90. The number of hydrogen-bond donors (Lipinski definition) is 2. The second kappa shape index (κ2) is 7.07. The molecule has 0 aliphatic rings. The molecule has 0 saturated heterocycles. The van der Waals surface area contributed by atoms with Gasteiger partial charge in [0.25, 0.3) is 0 Å². The molecule has 102 valence electrons. The van der Waals surface area contributed by atoms with Crippen molar-refractivity contribution in [3.63, 3.8) is 0 Å². The van der Waals surface area contributed by atoms with Crippen LogP contribution in [0.2, 0.25) is 0 Å². The monoisotopic (exact) mass is 269 g/mol. The van der Waals surface area contributed by atoms with Gasteiger partial charge in [0.05, 0.1) is 6.54 Å². The van der Waals surface area contributed by atoms with Crippen LogP contribution in [-0.2, 0) is 11.3 Å². The first-order valence-corrected chi connectivity index (χ1v) is 6.21. The lowest BCUT2D eigenvalue weighted by atomic mass is 10.3. The van der Waals surface area contributed by atoms with Gasteiger partial charge in [-0.3, -0.25) is 9.48 Å². The van der Waals surface area contributed by atoms with E-state index >= 15 is 0 Å². The number of rotatable bonds is 4. The molecule has 0 aromatic carbocycles. The van der Waals surface area contributed by atoms with Gasteiger partial charge in [-0.2, -0.15) is 5.10 Å². The largest absolute Gasteiger partial charge is 0.320 e. The number of hydrogen-bond acceptors (Lipinski definition) is 4. The molecule has 2 aromatic rings. The number of nitrogens with two attached hydrogens (primary N) is 1. The molecule has 3 N–H and O–H groups in total. The van der Waals surface area contributed by atoms with Crippen LogP contribution < -0.4 is 11.1 Å². The zero-order valence-corrected chi connectivity index (χ0v) is 10.9. The van der Waals surface area contributed by atoms with Crippen LogP contribution in [0.4, 0.5) is 5.82 Å². The molecule has 6 heteroatoms. The van der Waals surface area contributed by atoms with E-state index in [1.807, 2.05) is 12.3 Å². The molecule has 1 amide bonds. The van der Waals surface area contributed by atoms with E-state index in [4.69, 9.17) is 5.73 Å². The highest BCUT2D eigenvalue weighted by molar-refractivity contribution is 5.89. The van der Waals surface area contributed by atoms with Crippen molar-refractivity contribution < 1.29 is 4.79 Å². The molecule has 6 nitrogen and oxygen atoms in total. The topological polar surface area (TPSA) is 85.8 Å². The second-order valence-electron chi connectivity index (χ2n) is 3.98. The van der Waals surface area contributed by atoms with Gasteiger partial charge in [-0.15, -0.1) is 0 Å². The highest BCUT2D eigenvalue weighted by Crippen LogP contribution is 2.05. The normalized spacial score (nSPS) is 9.65. The van der Waals surface area contributed by atoms with Crippen molar-refractivity contribution in [3.8, 4) is 11.8 Å². The number of pyridine rings is 1. The minimum atomic E-state index is -0.114. The quantitative estimate of drug-likeness (QED) is 0.797. The molecule has 0 saturated carbocycles. The SMILES string of the molecule is NCC#Cc1cccc(NC(=O)CCn2cccn2)n1. The number of aryl methyl sites for hydroxylation is 1. The van der Waals surface area contributed by atoms with E-state index in [1.165, 1.54) is 0 Å². The minimum Gasteiger partial charge on any atom is -0.320 e. The summed E-state index contributed by atoms with van der Waals surface area (Å²) in [5.41, 5.74) is 5.89. The number of nitrogens with zero attached hydrogens (tertiary/aromatic N) is 3. The van der Waals surface area contributed by atoms with Crippen LogP contribution >= 0.6 is 0 Å². The summed E-state index contributed by atoms with van der Waals surface area (Å²) in [5, 5.41) is 6.77. The lowest BCUT2D eigenvalue weighted by Gasteiger charge is -2.05. The third kappa shape index (κ3) is 4.23. The van der Waals surface area contributed by atoms with Gasteiger partial charge in [0.2, 0.25) is 5.91 Å². The standard InChI is InChI=1S/C14H15N5O/c15-8-2-5-12-4-1-6-13(17-12)18-14(20)7-11-19-10-3-9-16-19/h1,3-4,6,9-10H,7-8,11,15H2,(H,17,18,20). The number of anilines is 1. The van der Waals surface area contributed by atoms with E-state index in [-0.39, 0.29) is 12.5 Å². The van der Waals surface area contributed by atoms with Crippen LogP contribution in [0.3, 0.4) is 0 Å². The number of carbonyl (C=O) groups is 1. The smallest absolute Gasteiger partial charge is 0.227 e. The van der Waals surface area contributed by atoms with Crippen LogP contribution in [0, 0.1) is 11.8 Å². The Morgan fingerprint density at radius 2 is 2.30 bits per heavy atom. The minimum absolute atomic E-state index is 0.114. The molecule has 0 atom stereocenters. The summed E-state index contributed by atoms with van der Waals surface area (Å²) in [4.78, 5) is 16.0. The highest BCUT2D eigenvalue weighted by atomic mass is 16.1. The zero-order valence-electron chi connectivity index (χ0n) is 10.9. The van der Waals surface area contributed by atoms with Crippen molar-refractivity contribution in [2.75, 3.05) is 11.9 Å². The zero-order chi connectivity index (χ0) is 14.2. The summed E-state index contributed by atoms with van der Waals surface area (Å²) in [5.74, 6) is 5.91. The first kappa shape index (κ1) is 13.8. The van der Waals surface area contributed by atoms with E-state index in [2.05, 4.69) is 27.2 Å². The van der Waals surface area contributed by atoms with Crippen molar-refractivity contribution in [3.05, 3.63) is 42.4 Å². The molecule has 0 bridgehead atoms. The Kier molecular flexibility index (Phi) is 4.87. The van der Waals surface area contributed by atoms with Crippen LogP contribution in [0.1, 0.15) is 12.1 Å². The molecular formula is C14H15N5O. The fourth-order valence-electron chi connectivity index (χ4n) is 1.57. The molecule has 20 heavy (non-hydrogen) atoms. The molecule has 0 unspecified atom stereocenters. The van der Waals surface area contributed by atoms with Crippen molar-refractivity contribution in [2.24, 2.45) is 5.73 Å². The summed E-state index contributed by atoms with van der Waals surface area (Å²) in [6, 6.07) is 7.09. The molecule has 0 spiro atoms. The Labute approximate surface area is 117 Å². The summed E-state index contributed by atoms with van der Waals surface area (Å²) in [6.07, 6.45) is 3.83. The highest BCUT2D eigenvalue weighted by Gasteiger charge is 2.04. The predicted octanol–water partition coefficient (Wildman–Crippen LogP) is 0.617. The van der Waals surface area contributed by atoms with Gasteiger partial charge in [0.15, 0.2) is 0 Å². The number of nitrogens with one attached hydrogen (secondary N) is 1. The molecule has 0 fully saturated rings.